The Hall–Kier alpha value is -2.54. The van der Waals surface area contributed by atoms with Gasteiger partial charge in [0, 0.05) is 29.4 Å². The predicted molar refractivity (Wildman–Crippen MR) is 101 cm³/mol. The van der Waals surface area contributed by atoms with Crippen LogP contribution in [0, 0.1) is 12.7 Å². The summed E-state index contributed by atoms with van der Waals surface area (Å²) in [6.45, 7) is 3.52. The molecule has 1 aromatic carbocycles. The zero-order valence-electron chi connectivity index (χ0n) is 14.4. The van der Waals surface area contributed by atoms with E-state index in [4.69, 9.17) is 0 Å². The summed E-state index contributed by atoms with van der Waals surface area (Å²) in [6, 6.07) is 8.91. The van der Waals surface area contributed by atoms with Gasteiger partial charge in [-0.25, -0.2) is 14.4 Å². The number of nitrogens with one attached hydrogen (secondary N) is 1. The molecule has 1 aliphatic heterocycles. The minimum atomic E-state index is -0.334. The lowest BCUT2D eigenvalue weighted by molar-refractivity contribution is 0.0935. The van der Waals surface area contributed by atoms with Crippen LogP contribution in [-0.2, 0) is 0 Å². The first kappa shape index (κ1) is 16.9. The fraction of sp³-hybridized carbons (Fsp3) is 0.316. The van der Waals surface area contributed by atoms with Crippen molar-refractivity contribution in [3.63, 3.8) is 0 Å². The van der Waals surface area contributed by atoms with Crippen LogP contribution in [0.15, 0.2) is 36.7 Å². The van der Waals surface area contributed by atoms with E-state index >= 15 is 0 Å². The van der Waals surface area contributed by atoms with Crippen LogP contribution in [0.2, 0.25) is 0 Å². The summed E-state index contributed by atoms with van der Waals surface area (Å²) in [5.74, 6) is 0.420. The molecule has 5 nitrogen and oxygen atoms in total. The molecule has 1 amide bonds. The highest BCUT2D eigenvalue weighted by molar-refractivity contribution is 7.13. The lowest BCUT2D eigenvalue weighted by Gasteiger charge is -2.33. The van der Waals surface area contributed by atoms with Crippen molar-refractivity contribution in [2.45, 2.75) is 25.8 Å². The standard InChI is InChI=1S/C19H19FN4OS/c1-12-5-6-16(26-12)19(25)23-13-7-9-24(10-8-13)18-14-3-2-4-15(20)17(14)21-11-22-18/h2-6,11,13H,7-10H2,1H3,(H,23,25). The van der Waals surface area contributed by atoms with Crippen molar-refractivity contribution in [3.05, 3.63) is 52.2 Å². The third kappa shape index (κ3) is 3.26. The highest BCUT2D eigenvalue weighted by atomic mass is 32.1. The van der Waals surface area contributed by atoms with Crippen LogP contribution < -0.4 is 10.2 Å². The number of benzene rings is 1. The number of thiophene rings is 1. The molecule has 1 aliphatic rings. The average molecular weight is 370 g/mol. The van der Waals surface area contributed by atoms with Gasteiger partial charge in [-0.3, -0.25) is 4.79 Å². The maximum Gasteiger partial charge on any atom is 0.261 e. The van der Waals surface area contributed by atoms with Crippen molar-refractivity contribution in [1.29, 1.82) is 0 Å². The summed E-state index contributed by atoms with van der Waals surface area (Å²) >= 11 is 1.51. The second kappa shape index (κ2) is 6.99. The van der Waals surface area contributed by atoms with Gasteiger partial charge in [-0.1, -0.05) is 6.07 Å². The van der Waals surface area contributed by atoms with E-state index in [1.165, 1.54) is 23.7 Å². The van der Waals surface area contributed by atoms with Crippen LogP contribution in [0.4, 0.5) is 10.2 Å². The van der Waals surface area contributed by atoms with Crippen LogP contribution in [0.25, 0.3) is 10.9 Å². The maximum atomic E-state index is 13.9. The number of aromatic nitrogens is 2. The van der Waals surface area contributed by atoms with Gasteiger partial charge in [0.1, 0.15) is 23.5 Å². The van der Waals surface area contributed by atoms with Crippen molar-refractivity contribution in [2.75, 3.05) is 18.0 Å². The number of carbonyl (C=O) groups excluding carboxylic acids is 1. The molecule has 0 unspecified atom stereocenters. The van der Waals surface area contributed by atoms with Gasteiger partial charge in [0.2, 0.25) is 0 Å². The number of piperidine rings is 1. The number of aryl methyl sites for hydroxylation is 1. The molecule has 3 aromatic rings. The van der Waals surface area contributed by atoms with Crippen molar-refractivity contribution in [1.82, 2.24) is 15.3 Å². The van der Waals surface area contributed by atoms with Gasteiger partial charge < -0.3 is 10.2 Å². The Labute approximate surface area is 154 Å². The van der Waals surface area contributed by atoms with E-state index in [-0.39, 0.29) is 17.8 Å². The molecule has 0 bridgehead atoms. The lowest BCUT2D eigenvalue weighted by Crippen LogP contribution is -2.44. The SMILES string of the molecule is Cc1ccc(C(=O)NC2CCN(c3ncnc4c(F)cccc34)CC2)s1. The first-order valence-electron chi connectivity index (χ1n) is 8.63. The van der Waals surface area contributed by atoms with Crippen molar-refractivity contribution < 1.29 is 9.18 Å². The topological polar surface area (TPSA) is 58.1 Å². The van der Waals surface area contributed by atoms with Gasteiger partial charge in [0.25, 0.3) is 5.91 Å². The van der Waals surface area contributed by atoms with E-state index in [1.807, 2.05) is 25.1 Å². The molecule has 0 radical (unpaired) electrons. The Balaban J connectivity index is 1.44. The number of fused-ring (bicyclic) bond motifs is 1. The van der Waals surface area contributed by atoms with Gasteiger partial charge >= 0.3 is 0 Å². The Kier molecular flexibility index (Phi) is 4.55. The zero-order chi connectivity index (χ0) is 18.1. The van der Waals surface area contributed by atoms with E-state index in [1.54, 1.807) is 6.07 Å². The van der Waals surface area contributed by atoms with Crippen LogP contribution >= 0.6 is 11.3 Å². The number of nitrogens with zero attached hydrogens (tertiary/aromatic N) is 3. The van der Waals surface area contributed by atoms with Gasteiger partial charge in [-0.2, -0.15) is 0 Å². The molecule has 7 heteroatoms. The van der Waals surface area contributed by atoms with Crippen LogP contribution in [0.3, 0.4) is 0 Å². The van der Waals surface area contributed by atoms with Crippen molar-refractivity contribution in [3.8, 4) is 0 Å². The molecule has 3 heterocycles. The van der Waals surface area contributed by atoms with Crippen LogP contribution in [0.5, 0.6) is 0 Å². The molecule has 0 aliphatic carbocycles. The monoisotopic (exact) mass is 370 g/mol. The Morgan fingerprint density at radius 3 is 2.77 bits per heavy atom. The normalized spacial score (nSPS) is 15.4. The molecule has 1 saturated heterocycles. The lowest BCUT2D eigenvalue weighted by atomic mass is 10.0. The minimum absolute atomic E-state index is 0.00360. The van der Waals surface area contributed by atoms with Crippen molar-refractivity contribution >= 4 is 34.0 Å². The van der Waals surface area contributed by atoms with E-state index in [2.05, 4.69) is 20.2 Å². The van der Waals surface area contributed by atoms with Gasteiger partial charge in [0.15, 0.2) is 0 Å². The molecule has 4 rings (SSSR count). The zero-order valence-corrected chi connectivity index (χ0v) is 15.2. The fourth-order valence-electron chi connectivity index (χ4n) is 3.34. The molecule has 1 N–H and O–H groups in total. The highest BCUT2D eigenvalue weighted by Crippen LogP contribution is 2.27. The summed E-state index contributed by atoms with van der Waals surface area (Å²) in [4.78, 5) is 24.8. The molecular formula is C19H19FN4OS. The molecule has 0 atom stereocenters. The Bertz CT molecular complexity index is 950. The summed E-state index contributed by atoms with van der Waals surface area (Å²) in [7, 11) is 0. The summed E-state index contributed by atoms with van der Waals surface area (Å²) in [5.41, 5.74) is 0.348. The molecular weight excluding hydrogens is 351 g/mol. The van der Waals surface area contributed by atoms with E-state index in [0.29, 0.717) is 5.52 Å². The number of rotatable bonds is 3. The van der Waals surface area contributed by atoms with Gasteiger partial charge in [-0.05, 0) is 44.0 Å². The third-order valence-corrected chi connectivity index (χ3v) is 5.69. The molecule has 134 valence electrons. The number of amides is 1. The second-order valence-corrected chi connectivity index (χ2v) is 7.77. The summed E-state index contributed by atoms with van der Waals surface area (Å²) in [5, 5.41) is 3.84. The van der Waals surface area contributed by atoms with E-state index < -0.39 is 0 Å². The minimum Gasteiger partial charge on any atom is -0.356 e. The average Bonchev–Trinajstić information content (AvgIpc) is 3.09. The highest BCUT2D eigenvalue weighted by Gasteiger charge is 2.24. The van der Waals surface area contributed by atoms with Crippen molar-refractivity contribution in [2.24, 2.45) is 0 Å². The number of hydrogen-bond donors (Lipinski definition) is 1. The van der Waals surface area contributed by atoms with Gasteiger partial charge in [0.05, 0.1) is 4.88 Å². The predicted octanol–water partition coefficient (Wildman–Crippen LogP) is 3.54. The van der Waals surface area contributed by atoms with Crippen LogP contribution in [0.1, 0.15) is 27.4 Å². The third-order valence-electron chi connectivity index (χ3n) is 4.69. The molecule has 0 saturated carbocycles. The molecule has 26 heavy (non-hydrogen) atoms. The summed E-state index contributed by atoms with van der Waals surface area (Å²) in [6.07, 6.45) is 3.07. The number of halogens is 1. The van der Waals surface area contributed by atoms with E-state index in [0.717, 1.165) is 46.9 Å². The van der Waals surface area contributed by atoms with Gasteiger partial charge in [-0.15, -0.1) is 11.3 Å². The number of anilines is 1. The molecule has 2 aromatic heterocycles. The Morgan fingerprint density at radius 2 is 2.04 bits per heavy atom. The quantitative estimate of drug-likeness (QED) is 0.766. The van der Waals surface area contributed by atoms with Crippen LogP contribution in [-0.4, -0.2) is 35.0 Å². The number of hydrogen-bond acceptors (Lipinski definition) is 5. The fourth-order valence-corrected chi connectivity index (χ4v) is 4.11. The first-order valence-corrected chi connectivity index (χ1v) is 9.45. The second-order valence-electron chi connectivity index (χ2n) is 6.48. The first-order chi connectivity index (χ1) is 12.6. The van der Waals surface area contributed by atoms with E-state index in [9.17, 15) is 9.18 Å². The largest absolute Gasteiger partial charge is 0.356 e. The number of para-hydroxylation sites is 1. The molecule has 0 spiro atoms. The smallest absolute Gasteiger partial charge is 0.261 e. The number of carbonyl (C=O) groups is 1. The Morgan fingerprint density at radius 1 is 1.23 bits per heavy atom. The molecule has 1 fully saturated rings. The maximum absolute atomic E-state index is 13.9. The summed E-state index contributed by atoms with van der Waals surface area (Å²) < 4.78 is 13.9.